The highest BCUT2D eigenvalue weighted by Crippen LogP contribution is 2.28. The minimum absolute atomic E-state index is 0.0619. The summed E-state index contributed by atoms with van der Waals surface area (Å²) in [6.07, 6.45) is 7.25. The van der Waals surface area contributed by atoms with Gasteiger partial charge in [0.1, 0.15) is 6.33 Å². The molecule has 2 aromatic heterocycles. The number of hydrogen-bond acceptors (Lipinski definition) is 5. The van der Waals surface area contributed by atoms with Crippen LogP contribution >= 0.6 is 11.6 Å². The van der Waals surface area contributed by atoms with Crippen molar-refractivity contribution in [2.45, 2.75) is 18.9 Å². The molecule has 7 heteroatoms. The molecule has 2 heterocycles. The third-order valence-electron chi connectivity index (χ3n) is 3.19. The Labute approximate surface area is 108 Å². The van der Waals surface area contributed by atoms with Gasteiger partial charge in [0.05, 0.1) is 6.04 Å². The summed E-state index contributed by atoms with van der Waals surface area (Å²) in [4.78, 5) is 8.05. The number of rotatable bonds is 2. The highest BCUT2D eigenvalue weighted by Gasteiger charge is 2.22. The van der Waals surface area contributed by atoms with Crippen molar-refractivity contribution >= 4 is 22.8 Å². The Kier molecular flexibility index (Phi) is 2.97. The van der Waals surface area contributed by atoms with Crippen LogP contribution in [0, 0.1) is 5.92 Å². The first kappa shape index (κ1) is 11.6. The number of halogens is 1. The molecule has 18 heavy (non-hydrogen) atoms. The van der Waals surface area contributed by atoms with Gasteiger partial charge in [0, 0.05) is 6.61 Å². The molecule has 0 saturated carbocycles. The number of aliphatic hydroxyl groups is 1. The Morgan fingerprint density at radius 2 is 2.33 bits per heavy atom. The Morgan fingerprint density at radius 1 is 1.44 bits per heavy atom. The SMILES string of the molecule is OCC1CC=CC(n2nnc3c(Cl)ncnc32)C1. The maximum absolute atomic E-state index is 9.24. The van der Waals surface area contributed by atoms with E-state index in [-0.39, 0.29) is 18.6 Å². The second kappa shape index (κ2) is 4.62. The molecule has 2 aromatic rings. The minimum atomic E-state index is 0.0619. The van der Waals surface area contributed by atoms with E-state index in [1.54, 1.807) is 4.68 Å². The van der Waals surface area contributed by atoms with Crippen LogP contribution in [0.15, 0.2) is 18.5 Å². The molecule has 0 saturated heterocycles. The molecular formula is C11H12ClN5O. The van der Waals surface area contributed by atoms with Gasteiger partial charge < -0.3 is 5.11 Å². The largest absolute Gasteiger partial charge is 0.396 e. The number of aliphatic hydroxyl groups excluding tert-OH is 1. The third-order valence-corrected chi connectivity index (χ3v) is 3.47. The molecule has 94 valence electrons. The van der Waals surface area contributed by atoms with Crippen molar-refractivity contribution in [1.82, 2.24) is 25.0 Å². The molecule has 6 nitrogen and oxygen atoms in total. The second-order valence-electron chi connectivity index (χ2n) is 4.39. The molecule has 1 N–H and O–H groups in total. The van der Waals surface area contributed by atoms with E-state index in [4.69, 9.17) is 11.6 Å². The molecule has 0 amide bonds. The summed E-state index contributed by atoms with van der Waals surface area (Å²) in [6.45, 7) is 0.184. The standard InChI is InChI=1S/C11H12ClN5O/c12-10-9-11(14-6-13-10)17(16-15-9)8-3-1-2-7(4-8)5-18/h1,3,6-8,18H,2,4-5H2. The Bertz CT molecular complexity index is 596. The van der Waals surface area contributed by atoms with Crippen molar-refractivity contribution in [3.05, 3.63) is 23.6 Å². The molecule has 2 unspecified atom stereocenters. The fourth-order valence-electron chi connectivity index (χ4n) is 2.24. The van der Waals surface area contributed by atoms with Gasteiger partial charge >= 0.3 is 0 Å². The van der Waals surface area contributed by atoms with Gasteiger partial charge in [-0.3, -0.25) is 0 Å². The molecular weight excluding hydrogens is 254 g/mol. The van der Waals surface area contributed by atoms with E-state index in [1.165, 1.54) is 6.33 Å². The summed E-state index contributed by atoms with van der Waals surface area (Å²) in [7, 11) is 0. The van der Waals surface area contributed by atoms with Crippen LogP contribution in [-0.2, 0) is 0 Å². The van der Waals surface area contributed by atoms with Gasteiger partial charge in [0.15, 0.2) is 16.3 Å². The lowest BCUT2D eigenvalue weighted by Crippen LogP contribution is -2.19. The van der Waals surface area contributed by atoms with Crippen LogP contribution in [0.3, 0.4) is 0 Å². The van der Waals surface area contributed by atoms with Gasteiger partial charge in [-0.25, -0.2) is 14.6 Å². The average Bonchev–Trinajstić information content (AvgIpc) is 2.84. The first-order valence-corrected chi connectivity index (χ1v) is 6.16. The van der Waals surface area contributed by atoms with E-state index in [1.807, 2.05) is 0 Å². The maximum Gasteiger partial charge on any atom is 0.183 e. The summed E-state index contributed by atoms with van der Waals surface area (Å²) >= 11 is 5.94. The Morgan fingerprint density at radius 3 is 3.17 bits per heavy atom. The average molecular weight is 266 g/mol. The molecule has 0 radical (unpaired) electrons. The van der Waals surface area contributed by atoms with Gasteiger partial charge in [-0.05, 0) is 18.8 Å². The highest BCUT2D eigenvalue weighted by atomic mass is 35.5. The minimum Gasteiger partial charge on any atom is -0.396 e. The lowest BCUT2D eigenvalue weighted by atomic mass is 9.92. The summed E-state index contributed by atoms with van der Waals surface area (Å²) in [6, 6.07) is 0.0619. The van der Waals surface area contributed by atoms with Crippen molar-refractivity contribution in [3.63, 3.8) is 0 Å². The van der Waals surface area contributed by atoms with Crippen LogP contribution in [0.5, 0.6) is 0 Å². The number of hydrogen-bond donors (Lipinski definition) is 1. The molecule has 0 aliphatic heterocycles. The van der Waals surface area contributed by atoms with Crippen molar-refractivity contribution in [3.8, 4) is 0 Å². The summed E-state index contributed by atoms with van der Waals surface area (Å²) in [5, 5.41) is 17.6. The van der Waals surface area contributed by atoms with Crippen molar-refractivity contribution in [1.29, 1.82) is 0 Å². The predicted molar refractivity (Wildman–Crippen MR) is 66.1 cm³/mol. The van der Waals surface area contributed by atoms with Crippen LogP contribution < -0.4 is 0 Å². The summed E-state index contributed by atoms with van der Waals surface area (Å²) < 4.78 is 1.74. The van der Waals surface area contributed by atoms with Gasteiger partial charge in [-0.15, -0.1) is 5.10 Å². The summed E-state index contributed by atoms with van der Waals surface area (Å²) in [5.74, 6) is 0.261. The van der Waals surface area contributed by atoms with Crippen molar-refractivity contribution in [2.75, 3.05) is 6.61 Å². The molecule has 1 aliphatic carbocycles. The normalized spacial score (nSPS) is 23.7. The van der Waals surface area contributed by atoms with E-state index in [0.717, 1.165) is 12.8 Å². The van der Waals surface area contributed by atoms with Crippen molar-refractivity contribution < 1.29 is 5.11 Å². The van der Waals surface area contributed by atoms with Crippen LogP contribution in [0.4, 0.5) is 0 Å². The highest BCUT2D eigenvalue weighted by molar-refractivity contribution is 6.33. The third kappa shape index (κ3) is 1.87. The fourth-order valence-corrected chi connectivity index (χ4v) is 2.40. The van der Waals surface area contributed by atoms with Crippen molar-refractivity contribution in [2.24, 2.45) is 5.92 Å². The van der Waals surface area contributed by atoms with Crippen LogP contribution in [0.2, 0.25) is 5.15 Å². The molecule has 0 fully saturated rings. The smallest absolute Gasteiger partial charge is 0.183 e. The molecule has 0 spiro atoms. The maximum atomic E-state index is 9.24. The van der Waals surface area contributed by atoms with E-state index in [2.05, 4.69) is 32.4 Å². The zero-order valence-corrected chi connectivity index (χ0v) is 10.3. The summed E-state index contributed by atoms with van der Waals surface area (Å²) in [5.41, 5.74) is 1.14. The Balaban J connectivity index is 2.02. The van der Waals surface area contributed by atoms with Gasteiger partial charge in [0.25, 0.3) is 0 Å². The van der Waals surface area contributed by atoms with Gasteiger partial charge in [-0.1, -0.05) is 29.0 Å². The van der Waals surface area contributed by atoms with Gasteiger partial charge in [-0.2, -0.15) is 0 Å². The van der Waals surface area contributed by atoms with E-state index in [9.17, 15) is 5.11 Å². The van der Waals surface area contributed by atoms with E-state index < -0.39 is 0 Å². The van der Waals surface area contributed by atoms with E-state index >= 15 is 0 Å². The molecule has 0 aromatic carbocycles. The Hall–Kier alpha value is -1.53. The zero-order chi connectivity index (χ0) is 12.5. The topological polar surface area (TPSA) is 76.7 Å². The number of fused-ring (bicyclic) bond motifs is 1. The zero-order valence-electron chi connectivity index (χ0n) is 9.57. The lowest BCUT2D eigenvalue weighted by Gasteiger charge is -2.23. The van der Waals surface area contributed by atoms with E-state index in [0.29, 0.717) is 16.3 Å². The van der Waals surface area contributed by atoms with Crippen LogP contribution in [0.1, 0.15) is 18.9 Å². The number of nitrogens with zero attached hydrogens (tertiary/aromatic N) is 5. The molecule has 3 rings (SSSR count). The quantitative estimate of drug-likeness (QED) is 0.656. The molecule has 0 bridgehead atoms. The second-order valence-corrected chi connectivity index (χ2v) is 4.74. The first-order valence-electron chi connectivity index (χ1n) is 5.78. The monoisotopic (exact) mass is 265 g/mol. The predicted octanol–water partition coefficient (Wildman–Crippen LogP) is 1.37. The first-order chi connectivity index (χ1) is 8.79. The molecule has 1 aliphatic rings. The van der Waals surface area contributed by atoms with Gasteiger partial charge in [0.2, 0.25) is 0 Å². The number of allylic oxidation sites excluding steroid dienone is 2. The van der Waals surface area contributed by atoms with Crippen LogP contribution in [0.25, 0.3) is 11.2 Å². The number of aromatic nitrogens is 5. The molecule has 2 atom stereocenters. The van der Waals surface area contributed by atoms with Crippen LogP contribution in [-0.4, -0.2) is 36.7 Å². The fraction of sp³-hybridized carbons (Fsp3) is 0.455. The lowest BCUT2D eigenvalue weighted by molar-refractivity contribution is 0.202.